The first-order chi connectivity index (χ1) is 11.2. The van der Waals surface area contributed by atoms with E-state index in [4.69, 9.17) is 0 Å². The van der Waals surface area contributed by atoms with Crippen molar-refractivity contribution in [1.82, 2.24) is 20.6 Å². The molecule has 1 aromatic heterocycles. The van der Waals surface area contributed by atoms with Crippen molar-refractivity contribution in [3.05, 3.63) is 30.0 Å². The number of hydrogen-bond acceptors (Lipinski definition) is 5. The van der Waals surface area contributed by atoms with E-state index in [1.54, 1.807) is 6.92 Å². The number of thioether (sulfide) groups is 1. The number of urea groups is 1. The van der Waals surface area contributed by atoms with E-state index in [9.17, 15) is 18.4 Å². The minimum atomic E-state index is -3.03. The summed E-state index contributed by atoms with van der Waals surface area (Å²) in [6.07, 6.45) is 0. The Morgan fingerprint density at radius 2 is 1.83 bits per heavy atom. The predicted octanol–water partition coefficient (Wildman–Crippen LogP) is 2.51. The smallest absolute Gasteiger partial charge is 0.321 e. The molecule has 1 aromatic carbocycles. The molecule has 0 fully saturated rings. The van der Waals surface area contributed by atoms with Crippen molar-refractivity contribution in [1.29, 1.82) is 0 Å². The van der Waals surface area contributed by atoms with Gasteiger partial charge in [-0.05, 0) is 19.1 Å². The van der Waals surface area contributed by atoms with E-state index in [2.05, 4.69) is 9.97 Å². The zero-order valence-corrected chi connectivity index (χ0v) is 13.9. The van der Waals surface area contributed by atoms with Gasteiger partial charge < -0.3 is 5.32 Å². The van der Waals surface area contributed by atoms with Gasteiger partial charge in [0, 0.05) is 6.92 Å². The van der Waals surface area contributed by atoms with Crippen LogP contribution in [0.4, 0.5) is 13.6 Å². The third-order valence-electron chi connectivity index (χ3n) is 2.85. The Morgan fingerprint density at radius 3 is 2.46 bits per heavy atom. The number of carbonyl (C=O) groups is 2. The Hall–Kier alpha value is -2.29. The third kappa shape index (κ3) is 5.41. The number of amides is 3. The number of benzene rings is 1. The molecule has 9 heteroatoms. The fraction of sp³-hybridized carbons (Fsp3) is 0.333. The summed E-state index contributed by atoms with van der Waals surface area (Å²) in [4.78, 5) is 31.8. The lowest BCUT2D eigenvalue weighted by Crippen LogP contribution is -2.44. The van der Waals surface area contributed by atoms with E-state index in [1.807, 2.05) is 34.9 Å². The van der Waals surface area contributed by atoms with E-state index in [-0.39, 0.29) is 5.75 Å². The molecule has 0 saturated heterocycles. The van der Waals surface area contributed by atoms with E-state index in [0.717, 1.165) is 17.3 Å². The van der Waals surface area contributed by atoms with Gasteiger partial charge in [-0.1, -0.05) is 23.9 Å². The number of halogens is 2. The first-order valence-electron chi connectivity index (χ1n) is 7.06. The van der Waals surface area contributed by atoms with Gasteiger partial charge in [-0.15, -0.1) is 0 Å². The molecule has 6 nitrogen and oxygen atoms in total. The average molecular weight is 354 g/mol. The summed E-state index contributed by atoms with van der Waals surface area (Å²) in [5.74, 6) is -3.72. The zero-order valence-electron chi connectivity index (χ0n) is 13.1. The van der Waals surface area contributed by atoms with Crippen molar-refractivity contribution in [3.63, 3.8) is 0 Å². The fourth-order valence-corrected chi connectivity index (χ4v) is 2.54. The standard InChI is InChI=1S/C15H16F2N4O2S/c1-9-13(20-11-6-4-3-5-10(11)19-9)24-7-12(22)21-14(23)18-8-15(2,16)17/h3-6H,7-8H2,1-2H3,(H2,18,21,22,23). The van der Waals surface area contributed by atoms with Gasteiger partial charge in [-0.3, -0.25) is 10.1 Å². The average Bonchev–Trinajstić information content (AvgIpc) is 2.50. The fourth-order valence-electron chi connectivity index (χ4n) is 1.79. The molecular formula is C15H16F2N4O2S. The number of hydrogen-bond donors (Lipinski definition) is 2. The molecule has 0 unspecified atom stereocenters. The number of para-hydroxylation sites is 2. The van der Waals surface area contributed by atoms with Gasteiger partial charge in [0.15, 0.2) is 0 Å². The maximum atomic E-state index is 12.6. The highest BCUT2D eigenvalue weighted by Gasteiger charge is 2.22. The molecule has 0 radical (unpaired) electrons. The molecule has 0 aliphatic rings. The molecule has 2 N–H and O–H groups in total. The van der Waals surface area contributed by atoms with E-state index < -0.39 is 24.4 Å². The Bertz CT molecular complexity index is 765. The molecule has 0 bridgehead atoms. The highest BCUT2D eigenvalue weighted by molar-refractivity contribution is 7.99. The number of carbonyl (C=O) groups excluding carboxylic acids is 2. The SMILES string of the molecule is Cc1nc2ccccc2nc1SCC(=O)NC(=O)NCC(C)(F)F. The lowest BCUT2D eigenvalue weighted by atomic mass is 10.3. The second-order valence-electron chi connectivity index (χ2n) is 5.19. The lowest BCUT2D eigenvalue weighted by molar-refractivity contribution is -0.117. The van der Waals surface area contributed by atoms with Gasteiger partial charge in [-0.2, -0.15) is 0 Å². The van der Waals surface area contributed by atoms with Crippen LogP contribution in [0.5, 0.6) is 0 Å². The molecule has 2 aromatic rings. The van der Waals surface area contributed by atoms with E-state index >= 15 is 0 Å². The number of nitrogens with zero attached hydrogens (tertiary/aromatic N) is 2. The monoisotopic (exact) mass is 354 g/mol. The third-order valence-corrected chi connectivity index (χ3v) is 3.92. The van der Waals surface area contributed by atoms with Crippen LogP contribution in [-0.4, -0.2) is 40.1 Å². The Kier molecular flexibility index (Phi) is 5.66. The van der Waals surface area contributed by atoms with Crippen LogP contribution in [0.3, 0.4) is 0 Å². The number of nitrogens with one attached hydrogen (secondary N) is 2. The van der Waals surface area contributed by atoms with Gasteiger partial charge in [-0.25, -0.2) is 23.5 Å². The molecule has 0 aliphatic heterocycles. The van der Waals surface area contributed by atoms with Crippen molar-refractivity contribution in [2.24, 2.45) is 0 Å². The van der Waals surface area contributed by atoms with E-state index in [0.29, 0.717) is 23.2 Å². The second kappa shape index (κ2) is 7.52. The van der Waals surface area contributed by atoms with Gasteiger partial charge in [0.05, 0.1) is 29.0 Å². The van der Waals surface area contributed by atoms with Crippen molar-refractivity contribution >= 4 is 34.7 Å². The van der Waals surface area contributed by atoms with Crippen LogP contribution in [0.15, 0.2) is 29.3 Å². The number of fused-ring (bicyclic) bond motifs is 1. The predicted molar refractivity (Wildman–Crippen MR) is 87.2 cm³/mol. The molecule has 2 rings (SSSR count). The first-order valence-corrected chi connectivity index (χ1v) is 8.05. The molecule has 0 atom stereocenters. The molecule has 1 heterocycles. The van der Waals surface area contributed by atoms with Crippen LogP contribution in [0.25, 0.3) is 11.0 Å². The van der Waals surface area contributed by atoms with Crippen LogP contribution in [-0.2, 0) is 4.79 Å². The first kappa shape index (κ1) is 18.1. The highest BCUT2D eigenvalue weighted by atomic mass is 32.2. The topological polar surface area (TPSA) is 84.0 Å². The van der Waals surface area contributed by atoms with Crippen LogP contribution in [0, 0.1) is 6.92 Å². The van der Waals surface area contributed by atoms with Crippen LogP contribution >= 0.6 is 11.8 Å². The molecule has 0 spiro atoms. The Balaban J connectivity index is 1.90. The maximum Gasteiger partial charge on any atom is 0.321 e. The van der Waals surface area contributed by atoms with E-state index in [1.165, 1.54) is 0 Å². The number of aryl methyl sites for hydroxylation is 1. The molecule has 3 amide bonds. The Morgan fingerprint density at radius 1 is 1.21 bits per heavy atom. The summed E-state index contributed by atoms with van der Waals surface area (Å²) < 4.78 is 25.2. The largest absolute Gasteiger partial charge is 0.332 e. The van der Waals surface area contributed by atoms with Gasteiger partial charge in [0.1, 0.15) is 5.03 Å². The highest BCUT2D eigenvalue weighted by Crippen LogP contribution is 2.21. The molecule has 128 valence electrons. The Labute approximate surface area is 141 Å². The summed E-state index contributed by atoms with van der Waals surface area (Å²) in [6, 6.07) is 6.38. The summed E-state index contributed by atoms with van der Waals surface area (Å²) in [5, 5.41) is 4.49. The maximum absolute atomic E-state index is 12.6. The van der Waals surface area contributed by atoms with Gasteiger partial charge in [0.2, 0.25) is 5.91 Å². The number of alkyl halides is 2. The molecular weight excluding hydrogens is 338 g/mol. The van der Waals surface area contributed by atoms with Gasteiger partial charge >= 0.3 is 6.03 Å². The number of aromatic nitrogens is 2. The van der Waals surface area contributed by atoms with Crippen molar-refractivity contribution < 1.29 is 18.4 Å². The van der Waals surface area contributed by atoms with Crippen molar-refractivity contribution in [2.45, 2.75) is 24.8 Å². The summed E-state index contributed by atoms with van der Waals surface area (Å²) in [5.41, 5.74) is 2.12. The van der Waals surface area contributed by atoms with Crippen molar-refractivity contribution in [2.75, 3.05) is 12.3 Å². The zero-order chi connectivity index (χ0) is 17.7. The van der Waals surface area contributed by atoms with Crippen molar-refractivity contribution in [3.8, 4) is 0 Å². The number of imide groups is 1. The molecule has 24 heavy (non-hydrogen) atoms. The minimum absolute atomic E-state index is 0.0796. The number of rotatable bonds is 5. The minimum Gasteiger partial charge on any atom is -0.332 e. The summed E-state index contributed by atoms with van der Waals surface area (Å²) in [7, 11) is 0. The molecule has 0 saturated carbocycles. The quantitative estimate of drug-likeness (QED) is 0.806. The van der Waals surface area contributed by atoms with Crippen LogP contribution < -0.4 is 10.6 Å². The normalized spacial score (nSPS) is 11.3. The summed E-state index contributed by atoms with van der Waals surface area (Å²) in [6.45, 7) is 1.61. The molecule has 0 aliphatic carbocycles. The summed E-state index contributed by atoms with van der Waals surface area (Å²) >= 11 is 1.12. The van der Waals surface area contributed by atoms with Crippen LogP contribution in [0.1, 0.15) is 12.6 Å². The lowest BCUT2D eigenvalue weighted by Gasteiger charge is -2.11. The van der Waals surface area contributed by atoms with Gasteiger partial charge in [0.25, 0.3) is 5.92 Å². The van der Waals surface area contributed by atoms with Crippen LogP contribution in [0.2, 0.25) is 0 Å². The second-order valence-corrected chi connectivity index (χ2v) is 6.16.